The number of fused-ring (bicyclic) bond motifs is 1. The largest absolute Gasteiger partial charge is 0.288 e. The molecule has 0 saturated carbocycles. The fraction of sp³-hybridized carbons (Fsp3) is 0.125. The van der Waals surface area contributed by atoms with Crippen LogP contribution in [-0.4, -0.2) is 15.6 Å². The number of aromatic nitrogens is 2. The van der Waals surface area contributed by atoms with Gasteiger partial charge < -0.3 is 0 Å². The van der Waals surface area contributed by atoms with Crippen LogP contribution in [0.5, 0.6) is 0 Å². The van der Waals surface area contributed by atoms with Crippen LogP contribution in [0.2, 0.25) is 0 Å². The van der Waals surface area contributed by atoms with E-state index in [4.69, 9.17) is 0 Å². The van der Waals surface area contributed by atoms with Crippen LogP contribution in [0.3, 0.4) is 0 Å². The van der Waals surface area contributed by atoms with E-state index in [1.54, 1.807) is 34.4 Å². The molecule has 2 aromatic heterocycles. The fourth-order valence-electron chi connectivity index (χ4n) is 2.18. The lowest BCUT2D eigenvalue weighted by Gasteiger charge is -1.93. The molecule has 0 unspecified atom stereocenters. The van der Waals surface area contributed by atoms with Gasteiger partial charge in [0.1, 0.15) is 0 Å². The summed E-state index contributed by atoms with van der Waals surface area (Å²) >= 11 is 1.55. The second kappa shape index (κ2) is 5.06. The third-order valence-electron chi connectivity index (χ3n) is 3.22. The summed E-state index contributed by atoms with van der Waals surface area (Å²) in [6.45, 7) is 2.00. The van der Waals surface area contributed by atoms with Gasteiger partial charge in [0.15, 0.2) is 5.78 Å². The molecule has 0 N–H and O–H groups in total. The average molecular weight is 282 g/mol. The van der Waals surface area contributed by atoms with Crippen molar-refractivity contribution in [3.05, 3.63) is 58.7 Å². The Labute approximate surface area is 121 Å². The highest BCUT2D eigenvalue weighted by Crippen LogP contribution is 2.31. The quantitative estimate of drug-likeness (QED) is 0.540. The molecule has 0 aliphatic rings. The second-order valence-electron chi connectivity index (χ2n) is 4.70. The standard InChI is InChI=1S/C16H14N2OS/c1-11-13-5-3-4-6-15(13)20-16(11)14(19)8-7-12-9-17-18(2)10-12/h3-10H,1-2H3/b8-7+. The number of ketones is 1. The third-order valence-corrected chi connectivity index (χ3v) is 4.51. The molecule has 0 spiro atoms. The minimum atomic E-state index is 0.0487. The van der Waals surface area contributed by atoms with E-state index < -0.39 is 0 Å². The van der Waals surface area contributed by atoms with Gasteiger partial charge in [0.25, 0.3) is 0 Å². The van der Waals surface area contributed by atoms with Crippen molar-refractivity contribution in [2.75, 3.05) is 0 Å². The lowest BCUT2D eigenvalue weighted by Crippen LogP contribution is -1.92. The molecule has 3 nitrogen and oxygen atoms in total. The number of aryl methyl sites for hydroxylation is 2. The van der Waals surface area contributed by atoms with E-state index >= 15 is 0 Å². The zero-order chi connectivity index (χ0) is 14.1. The first-order valence-electron chi connectivity index (χ1n) is 6.34. The van der Waals surface area contributed by atoms with E-state index in [-0.39, 0.29) is 5.78 Å². The lowest BCUT2D eigenvalue weighted by atomic mass is 10.1. The molecule has 0 saturated heterocycles. The Kier molecular flexibility index (Phi) is 3.24. The third kappa shape index (κ3) is 2.30. The van der Waals surface area contributed by atoms with Crippen LogP contribution >= 0.6 is 11.3 Å². The predicted molar refractivity (Wildman–Crippen MR) is 83.1 cm³/mol. The summed E-state index contributed by atoms with van der Waals surface area (Å²) in [6.07, 6.45) is 7.04. The molecule has 0 bridgehead atoms. The molecule has 100 valence electrons. The van der Waals surface area contributed by atoms with Crippen molar-refractivity contribution >= 4 is 33.3 Å². The number of nitrogens with zero attached hydrogens (tertiary/aromatic N) is 2. The van der Waals surface area contributed by atoms with Gasteiger partial charge in [-0.2, -0.15) is 5.10 Å². The maximum absolute atomic E-state index is 12.3. The van der Waals surface area contributed by atoms with E-state index in [0.717, 1.165) is 26.1 Å². The molecule has 0 aliphatic heterocycles. The summed E-state index contributed by atoms with van der Waals surface area (Å²) in [7, 11) is 1.86. The maximum Gasteiger partial charge on any atom is 0.196 e. The summed E-state index contributed by atoms with van der Waals surface area (Å²) in [5, 5.41) is 5.24. The molecule has 1 aromatic carbocycles. The summed E-state index contributed by atoms with van der Waals surface area (Å²) in [6, 6.07) is 8.11. The van der Waals surface area contributed by atoms with E-state index in [2.05, 4.69) is 17.2 Å². The Hall–Kier alpha value is -2.20. The van der Waals surface area contributed by atoms with Crippen LogP contribution in [0.25, 0.3) is 16.2 Å². The molecule has 0 amide bonds. The van der Waals surface area contributed by atoms with E-state index in [1.807, 2.05) is 32.3 Å². The number of hydrogen-bond donors (Lipinski definition) is 0. The van der Waals surface area contributed by atoms with Gasteiger partial charge in [0.05, 0.1) is 11.1 Å². The first kappa shape index (κ1) is 12.8. The van der Waals surface area contributed by atoms with Gasteiger partial charge in [-0.1, -0.05) is 18.2 Å². The van der Waals surface area contributed by atoms with Crippen molar-refractivity contribution in [1.82, 2.24) is 9.78 Å². The van der Waals surface area contributed by atoms with Gasteiger partial charge in [-0.05, 0) is 36.1 Å². The molecule has 20 heavy (non-hydrogen) atoms. The molecule has 0 aliphatic carbocycles. The van der Waals surface area contributed by atoms with Gasteiger partial charge in [0, 0.05) is 23.5 Å². The molecular formula is C16H14N2OS. The SMILES string of the molecule is Cc1c(C(=O)/C=C/c2cnn(C)c2)sc2ccccc12. The molecule has 3 rings (SSSR count). The normalized spacial score (nSPS) is 11.5. The minimum Gasteiger partial charge on any atom is -0.288 e. The summed E-state index contributed by atoms with van der Waals surface area (Å²) in [5.41, 5.74) is 1.99. The summed E-state index contributed by atoms with van der Waals surface area (Å²) in [5.74, 6) is 0.0487. The van der Waals surface area contributed by atoms with Gasteiger partial charge in [-0.15, -0.1) is 11.3 Å². The predicted octanol–water partition coefficient (Wildman–Crippen LogP) is 3.84. The number of allylic oxidation sites excluding steroid dienone is 1. The minimum absolute atomic E-state index is 0.0487. The number of benzene rings is 1. The van der Waals surface area contributed by atoms with Gasteiger partial charge in [0.2, 0.25) is 0 Å². The molecule has 2 heterocycles. The molecule has 4 heteroatoms. The van der Waals surface area contributed by atoms with Gasteiger partial charge in [-0.25, -0.2) is 0 Å². The Bertz CT molecular complexity index is 811. The lowest BCUT2D eigenvalue weighted by molar-refractivity contribution is 0.105. The zero-order valence-corrected chi connectivity index (χ0v) is 12.1. The average Bonchev–Trinajstić information content (AvgIpc) is 3.01. The molecular weight excluding hydrogens is 268 g/mol. The number of carbonyl (C=O) groups excluding carboxylic acids is 1. The number of hydrogen-bond acceptors (Lipinski definition) is 3. The molecule has 3 aromatic rings. The first-order valence-corrected chi connectivity index (χ1v) is 7.16. The van der Waals surface area contributed by atoms with Crippen LogP contribution in [0, 0.1) is 6.92 Å². The van der Waals surface area contributed by atoms with Crippen molar-refractivity contribution < 1.29 is 4.79 Å². The van der Waals surface area contributed by atoms with Crippen molar-refractivity contribution in [2.24, 2.45) is 7.05 Å². The topological polar surface area (TPSA) is 34.9 Å². The van der Waals surface area contributed by atoms with Crippen molar-refractivity contribution in [3.63, 3.8) is 0 Å². The van der Waals surface area contributed by atoms with E-state index in [1.165, 1.54) is 0 Å². The monoisotopic (exact) mass is 282 g/mol. The van der Waals surface area contributed by atoms with E-state index in [9.17, 15) is 4.79 Å². The Morgan fingerprint density at radius 3 is 2.85 bits per heavy atom. The Balaban J connectivity index is 1.93. The summed E-state index contributed by atoms with van der Waals surface area (Å²) < 4.78 is 2.87. The van der Waals surface area contributed by atoms with Crippen LogP contribution < -0.4 is 0 Å². The van der Waals surface area contributed by atoms with Crippen LogP contribution in [0.4, 0.5) is 0 Å². The highest BCUT2D eigenvalue weighted by Gasteiger charge is 2.12. The van der Waals surface area contributed by atoms with Crippen LogP contribution in [0.15, 0.2) is 42.7 Å². The number of thiophene rings is 1. The molecule has 0 fully saturated rings. The molecule has 0 atom stereocenters. The fourth-order valence-corrected chi connectivity index (χ4v) is 3.31. The first-order chi connectivity index (χ1) is 9.65. The second-order valence-corrected chi connectivity index (χ2v) is 5.75. The van der Waals surface area contributed by atoms with Gasteiger partial charge in [-0.3, -0.25) is 9.48 Å². The highest BCUT2D eigenvalue weighted by molar-refractivity contribution is 7.21. The smallest absolute Gasteiger partial charge is 0.196 e. The Morgan fingerprint density at radius 2 is 2.15 bits per heavy atom. The van der Waals surface area contributed by atoms with Crippen LogP contribution in [0.1, 0.15) is 20.8 Å². The van der Waals surface area contributed by atoms with Crippen molar-refractivity contribution in [1.29, 1.82) is 0 Å². The van der Waals surface area contributed by atoms with Gasteiger partial charge >= 0.3 is 0 Å². The van der Waals surface area contributed by atoms with Crippen molar-refractivity contribution in [2.45, 2.75) is 6.92 Å². The number of rotatable bonds is 3. The van der Waals surface area contributed by atoms with Crippen LogP contribution in [-0.2, 0) is 7.05 Å². The molecule has 0 radical (unpaired) electrons. The zero-order valence-electron chi connectivity index (χ0n) is 11.3. The highest BCUT2D eigenvalue weighted by atomic mass is 32.1. The summed E-state index contributed by atoms with van der Waals surface area (Å²) in [4.78, 5) is 13.1. The number of carbonyl (C=O) groups is 1. The van der Waals surface area contributed by atoms with Crippen molar-refractivity contribution in [3.8, 4) is 0 Å². The maximum atomic E-state index is 12.3. The Morgan fingerprint density at radius 1 is 1.35 bits per heavy atom. The van der Waals surface area contributed by atoms with E-state index in [0.29, 0.717) is 0 Å².